The smallest absolute Gasteiger partial charge is 0.234 e. The van der Waals surface area contributed by atoms with Crippen LogP contribution in [0.1, 0.15) is 25.5 Å². The Bertz CT molecular complexity index is 357. The van der Waals surface area contributed by atoms with Gasteiger partial charge in [0.2, 0.25) is 5.91 Å². The molecule has 0 fully saturated rings. The van der Waals surface area contributed by atoms with Crippen LogP contribution in [0.3, 0.4) is 0 Å². The average molecular weight is 289 g/mol. The number of halogens is 1. The second-order valence-electron chi connectivity index (χ2n) is 3.82. The van der Waals surface area contributed by atoms with Crippen LogP contribution >= 0.6 is 24.2 Å². The van der Waals surface area contributed by atoms with E-state index in [0.717, 1.165) is 11.3 Å². The van der Waals surface area contributed by atoms with Gasteiger partial charge in [-0.1, -0.05) is 19.1 Å². The SMILES string of the molecule is CCSc1ccc(C(C)NC(=O)CNC)cc1.Cl. The maximum Gasteiger partial charge on any atom is 0.234 e. The highest BCUT2D eigenvalue weighted by Gasteiger charge is 2.08. The summed E-state index contributed by atoms with van der Waals surface area (Å²) < 4.78 is 0. The standard InChI is InChI=1S/C13H20N2OS.ClH/c1-4-17-12-7-5-11(6-8-12)10(2)15-13(16)9-14-3;/h5-8,10,14H,4,9H2,1-3H3,(H,15,16);1H. The topological polar surface area (TPSA) is 41.1 Å². The lowest BCUT2D eigenvalue weighted by Gasteiger charge is -2.14. The van der Waals surface area contributed by atoms with Gasteiger partial charge in [-0.2, -0.15) is 0 Å². The van der Waals surface area contributed by atoms with Gasteiger partial charge in [-0.25, -0.2) is 0 Å². The van der Waals surface area contributed by atoms with Gasteiger partial charge in [0.25, 0.3) is 0 Å². The molecule has 0 saturated heterocycles. The highest BCUT2D eigenvalue weighted by molar-refractivity contribution is 7.99. The molecular weight excluding hydrogens is 268 g/mol. The Morgan fingerprint density at radius 3 is 2.44 bits per heavy atom. The molecule has 1 atom stereocenters. The Balaban J connectivity index is 0.00000289. The normalized spacial score (nSPS) is 11.5. The Morgan fingerprint density at radius 1 is 1.33 bits per heavy atom. The van der Waals surface area contributed by atoms with Crippen molar-refractivity contribution < 1.29 is 4.79 Å². The zero-order valence-corrected chi connectivity index (χ0v) is 12.7. The molecule has 2 N–H and O–H groups in total. The van der Waals surface area contributed by atoms with Crippen molar-refractivity contribution in [2.45, 2.75) is 24.8 Å². The molecule has 0 aliphatic rings. The highest BCUT2D eigenvalue weighted by Crippen LogP contribution is 2.20. The molecule has 0 bridgehead atoms. The number of benzene rings is 1. The summed E-state index contributed by atoms with van der Waals surface area (Å²) in [5.41, 5.74) is 1.13. The van der Waals surface area contributed by atoms with Gasteiger partial charge in [0.15, 0.2) is 0 Å². The minimum absolute atomic E-state index is 0. The van der Waals surface area contributed by atoms with Crippen LogP contribution in [0.25, 0.3) is 0 Å². The summed E-state index contributed by atoms with van der Waals surface area (Å²) in [5.74, 6) is 1.10. The van der Waals surface area contributed by atoms with Crippen molar-refractivity contribution in [3.63, 3.8) is 0 Å². The fourth-order valence-electron chi connectivity index (χ4n) is 1.56. The van der Waals surface area contributed by atoms with E-state index < -0.39 is 0 Å². The van der Waals surface area contributed by atoms with Crippen molar-refractivity contribution in [1.29, 1.82) is 0 Å². The van der Waals surface area contributed by atoms with E-state index in [1.807, 2.05) is 18.7 Å². The lowest BCUT2D eigenvalue weighted by atomic mass is 10.1. The first-order chi connectivity index (χ1) is 8.17. The van der Waals surface area contributed by atoms with Gasteiger partial charge in [-0.3, -0.25) is 4.79 Å². The van der Waals surface area contributed by atoms with Crippen LogP contribution in [0, 0.1) is 0 Å². The third kappa shape index (κ3) is 5.76. The molecule has 102 valence electrons. The molecule has 0 spiro atoms. The Hall–Kier alpha value is -0.710. The zero-order chi connectivity index (χ0) is 12.7. The summed E-state index contributed by atoms with van der Waals surface area (Å²) in [6.45, 7) is 4.49. The quantitative estimate of drug-likeness (QED) is 0.791. The van der Waals surface area contributed by atoms with E-state index in [2.05, 4.69) is 41.8 Å². The molecule has 1 rings (SSSR count). The lowest BCUT2D eigenvalue weighted by molar-refractivity contribution is -0.120. The molecule has 0 aliphatic carbocycles. The molecule has 18 heavy (non-hydrogen) atoms. The van der Waals surface area contributed by atoms with Crippen molar-refractivity contribution in [1.82, 2.24) is 10.6 Å². The van der Waals surface area contributed by atoms with Crippen molar-refractivity contribution >= 4 is 30.1 Å². The van der Waals surface area contributed by atoms with Crippen molar-refractivity contribution in [3.05, 3.63) is 29.8 Å². The van der Waals surface area contributed by atoms with E-state index >= 15 is 0 Å². The third-order valence-corrected chi connectivity index (χ3v) is 3.30. The number of likely N-dealkylation sites (N-methyl/N-ethyl adjacent to an activating group) is 1. The zero-order valence-electron chi connectivity index (χ0n) is 11.0. The lowest BCUT2D eigenvalue weighted by Crippen LogP contribution is -2.33. The molecule has 0 saturated carbocycles. The Labute approximate surface area is 120 Å². The molecule has 3 nitrogen and oxygen atoms in total. The van der Waals surface area contributed by atoms with Crippen LogP contribution in [-0.4, -0.2) is 25.3 Å². The van der Waals surface area contributed by atoms with Crippen LogP contribution in [0.15, 0.2) is 29.2 Å². The number of hydrogen-bond acceptors (Lipinski definition) is 3. The fraction of sp³-hybridized carbons (Fsp3) is 0.462. The maximum atomic E-state index is 11.4. The monoisotopic (exact) mass is 288 g/mol. The van der Waals surface area contributed by atoms with Crippen molar-refractivity contribution in [2.24, 2.45) is 0 Å². The summed E-state index contributed by atoms with van der Waals surface area (Å²) in [6.07, 6.45) is 0. The number of nitrogens with one attached hydrogen (secondary N) is 2. The van der Waals surface area contributed by atoms with Gasteiger partial charge in [0.05, 0.1) is 12.6 Å². The van der Waals surface area contributed by atoms with E-state index in [1.165, 1.54) is 4.90 Å². The minimum atomic E-state index is 0. The van der Waals surface area contributed by atoms with E-state index in [0.29, 0.717) is 6.54 Å². The average Bonchev–Trinajstić information content (AvgIpc) is 2.30. The predicted molar refractivity (Wildman–Crippen MR) is 80.6 cm³/mol. The minimum Gasteiger partial charge on any atom is -0.348 e. The highest BCUT2D eigenvalue weighted by atomic mass is 35.5. The predicted octanol–water partition coefficient (Wildman–Crippen LogP) is 2.62. The van der Waals surface area contributed by atoms with Crippen LogP contribution in [0.4, 0.5) is 0 Å². The first-order valence-corrected chi connectivity index (χ1v) is 6.82. The van der Waals surface area contributed by atoms with E-state index in [4.69, 9.17) is 0 Å². The Morgan fingerprint density at radius 2 is 1.94 bits per heavy atom. The van der Waals surface area contributed by atoms with Gasteiger partial charge in [-0.15, -0.1) is 24.2 Å². The third-order valence-electron chi connectivity index (χ3n) is 2.41. The molecule has 5 heteroatoms. The Kier molecular flexibility index (Phi) is 8.89. The van der Waals surface area contributed by atoms with Gasteiger partial charge >= 0.3 is 0 Å². The second-order valence-corrected chi connectivity index (χ2v) is 5.16. The van der Waals surface area contributed by atoms with Crippen LogP contribution < -0.4 is 10.6 Å². The number of amides is 1. The molecule has 0 aromatic heterocycles. The number of rotatable bonds is 6. The first-order valence-electron chi connectivity index (χ1n) is 5.84. The summed E-state index contributed by atoms with van der Waals surface area (Å²) in [6, 6.07) is 8.40. The second kappa shape index (κ2) is 9.25. The van der Waals surface area contributed by atoms with Crippen molar-refractivity contribution in [3.8, 4) is 0 Å². The van der Waals surface area contributed by atoms with E-state index in [-0.39, 0.29) is 24.4 Å². The molecule has 1 aromatic carbocycles. The summed E-state index contributed by atoms with van der Waals surface area (Å²) in [4.78, 5) is 12.7. The number of carbonyl (C=O) groups is 1. The van der Waals surface area contributed by atoms with Crippen molar-refractivity contribution in [2.75, 3.05) is 19.3 Å². The first kappa shape index (κ1) is 17.3. The number of carbonyl (C=O) groups excluding carboxylic acids is 1. The molecule has 1 amide bonds. The summed E-state index contributed by atoms with van der Waals surface area (Å²) in [5, 5.41) is 5.78. The van der Waals surface area contributed by atoms with Gasteiger partial charge in [-0.05, 0) is 37.4 Å². The molecular formula is C13H21ClN2OS. The summed E-state index contributed by atoms with van der Waals surface area (Å²) in [7, 11) is 1.76. The molecule has 1 aromatic rings. The fourth-order valence-corrected chi connectivity index (χ4v) is 2.22. The summed E-state index contributed by atoms with van der Waals surface area (Å²) >= 11 is 1.82. The van der Waals surface area contributed by atoms with Crippen LogP contribution in [0.5, 0.6) is 0 Å². The molecule has 1 unspecified atom stereocenters. The van der Waals surface area contributed by atoms with Crippen LogP contribution in [-0.2, 0) is 4.79 Å². The maximum absolute atomic E-state index is 11.4. The number of thioether (sulfide) groups is 1. The molecule has 0 heterocycles. The largest absolute Gasteiger partial charge is 0.348 e. The van der Waals surface area contributed by atoms with Crippen LogP contribution in [0.2, 0.25) is 0 Å². The van der Waals surface area contributed by atoms with Gasteiger partial charge in [0.1, 0.15) is 0 Å². The van der Waals surface area contributed by atoms with Gasteiger partial charge in [0, 0.05) is 4.90 Å². The van der Waals surface area contributed by atoms with E-state index in [1.54, 1.807) is 7.05 Å². The molecule has 0 aliphatic heterocycles. The number of hydrogen-bond donors (Lipinski definition) is 2. The molecule has 0 radical (unpaired) electrons. The van der Waals surface area contributed by atoms with Gasteiger partial charge < -0.3 is 10.6 Å². The van der Waals surface area contributed by atoms with E-state index in [9.17, 15) is 4.79 Å².